The van der Waals surface area contributed by atoms with E-state index in [9.17, 15) is 14.4 Å². The Balaban J connectivity index is 3.02. The molecule has 0 radical (unpaired) electrons. The van der Waals surface area contributed by atoms with Crippen molar-refractivity contribution in [2.24, 2.45) is 0 Å². The van der Waals surface area contributed by atoms with Crippen molar-refractivity contribution >= 4 is 18.0 Å². The quantitative estimate of drug-likeness (QED) is 0.544. The van der Waals surface area contributed by atoms with Crippen molar-refractivity contribution in [1.82, 2.24) is 10.2 Å². The van der Waals surface area contributed by atoms with Crippen LogP contribution in [0.5, 0.6) is 0 Å². The maximum Gasteiger partial charge on any atom is 0.418 e. The molecule has 0 aliphatic carbocycles. The molecule has 0 atom stereocenters. The summed E-state index contributed by atoms with van der Waals surface area (Å²) in [6.45, 7) is 2.92. The Morgan fingerprint density at radius 2 is 2.00 bits per heavy atom. The van der Waals surface area contributed by atoms with Crippen LogP contribution in [0.1, 0.15) is 13.8 Å². The van der Waals surface area contributed by atoms with Crippen LogP contribution in [0.4, 0.5) is 9.59 Å². The van der Waals surface area contributed by atoms with Crippen LogP contribution in [0.15, 0.2) is 0 Å². The van der Waals surface area contributed by atoms with Crippen molar-refractivity contribution in [2.45, 2.75) is 19.4 Å². The van der Waals surface area contributed by atoms with Crippen molar-refractivity contribution < 1.29 is 19.1 Å². The van der Waals surface area contributed by atoms with E-state index in [1.54, 1.807) is 0 Å². The Hall–Kier alpha value is -1.59. The molecule has 0 aromatic heterocycles. The molecule has 0 spiro atoms. The van der Waals surface area contributed by atoms with E-state index in [1.807, 2.05) is 5.32 Å². The number of amides is 4. The van der Waals surface area contributed by atoms with Crippen molar-refractivity contribution in [3.05, 3.63) is 0 Å². The largest absolute Gasteiger partial charge is 0.452 e. The monoisotopic (exact) mass is 186 g/mol. The van der Waals surface area contributed by atoms with Gasteiger partial charge in [0.15, 0.2) is 0 Å². The zero-order valence-corrected chi connectivity index (χ0v) is 7.58. The molecule has 1 fully saturated rings. The molecule has 13 heavy (non-hydrogen) atoms. The molecule has 0 aromatic carbocycles. The molecule has 1 heterocycles. The summed E-state index contributed by atoms with van der Waals surface area (Å²) < 4.78 is 4.36. The summed E-state index contributed by atoms with van der Waals surface area (Å²) in [5, 5.41) is 2.02. The van der Waals surface area contributed by atoms with Crippen molar-refractivity contribution in [3.8, 4) is 0 Å². The first kappa shape index (κ1) is 9.50. The number of carbonyl (C=O) groups excluding carboxylic acids is 3. The van der Waals surface area contributed by atoms with E-state index in [-0.39, 0.29) is 0 Å². The van der Waals surface area contributed by atoms with E-state index in [4.69, 9.17) is 0 Å². The number of nitrogens with one attached hydrogen (secondary N) is 1. The number of carbonyl (C=O) groups is 3. The third-order valence-corrected chi connectivity index (χ3v) is 1.90. The lowest BCUT2D eigenvalue weighted by Gasteiger charge is -2.23. The molecule has 0 aromatic rings. The fourth-order valence-electron chi connectivity index (χ4n) is 1.06. The van der Waals surface area contributed by atoms with E-state index in [0.717, 1.165) is 12.0 Å². The normalized spacial score (nSPS) is 20.1. The predicted molar refractivity (Wildman–Crippen MR) is 41.9 cm³/mol. The van der Waals surface area contributed by atoms with Crippen LogP contribution < -0.4 is 5.32 Å². The fraction of sp³-hybridized carbons (Fsp3) is 0.571. The molecule has 4 amide bonds. The predicted octanol–water partition coefficient (Wildman–Crippen LogP) is 0.0832. The van der Waals surface area contributed by atoms with Gasteiger partial charge in [0.25, 0.3) is 5.91 Å². The van der Waals surface area contributed by atoms with Gasteiger partial charge in [-0.15, -0.1) is 0 Å². The number of hydrogen-bond donors (Lipinski definition) is 1. The summed E-state index contributed by atoms with van der Waals surface area (Å²) >= 11 is 0. The topological polar surface area (TPSA) is 75.7 Å². The molecule has 6 nitrogen and oxygen atoms in total. The van der Waals surface area contributed by atoms with Gasteiger partial charge < -0.3 is 4.74 Å². The first-order valence-electron chi connectivity index (χ1n) is 3.65. The summed E-state index contributed by atoms with van der Waals surface area (Å²) in [4.78, 5) is 34.1. The number of nitrogens with zero attached hydrogens (tertiary/aromatic N) is 1. The van der Waals surface area contributed by atoms with Gasteiger partial charge in [-0.3, -0.25) is 10.1 Å². The highest BCUT2D eigenvalue weighted by molar-refractivity contribution is 6.12. The summed E-state index contributed by atoms with van der Waals surface area (Å²) in [5.74, 6) is -0.511. The van der Waals surface area contributed by atoms with Gasteiger partial charge in [-0.05, 0) is 13.8 Å². The zero-order chi connectivity index (χ0) is 10.2. The minimum Gasteiger partial charge on any atom is -0.452 e. The van der Waals surface area contributed by atoms with Gasteiger partial charge in [-0.2, -0.15) is 0 Å². The third kappa shape index (κ3) is 1.24. The first-order valence-corrected chi connectivity index (χ1v) is 3.65. The van der Waals surface area contributed by atoms with Crippen LogP contribution in [0, 0.1) is 0 Å². The second-order valence-corrected chi connectivity index (χ2v) is 3.12. The average Bonchev–Trinajstić information content (AvgIpc) is 2.21. The average molecular weight is 186 g/mol. The Morgan fingerprint density at radius 3 is 2.31 bits per heavy atom. The highest BCUT2D eigenvalue weighted by Gasteiger charge is 2.49. The van der Waals surface area contributed by atoms with E-state index in [1.165, 1.54) is 13.8 Å². The number of ether oxygens (including phenoxy) is 1. The molecule has 0 bridgehead atoms. The Bertz CT molecular complexity index is 284. The lowest BCUT2D eigenvalue weighted by atomic mass is 10.1. The highest BCUT2D eigenvalue weighted by atomic mass is 16.5. The number of urea groups is 1. The van der Waals surface area contributed by atoms with Gasteiger partial charge in [0, 0.05) is 0 Å². The molecule has 6 heteroatoms. The molecule has 1 saturated heterocycles. The highest BCUT2D eigenvalue weighted by Crippen LogP contribution is 2.21. The lowest BCUT2D eigenvalue weighted by Crippen LogP contribution is -2.47. The smallest absolute Gasteiger partial charge is 0.418 e. The summed E-state index contributed by atoms with van der Waals surface area (Å²) in [6.07, 6.45) is -0.839. The van der Waals surface area contributed by atoms with Crippen LogP contribution in [-0.4, -0.2) is 35.6 Å². The van der Waals surface area contributed by atoms with Gasteiger partial charge in [0.2, 0.25) is 0 Å². The Labute approximate surface area is 74.8 Å². The second-order valence-electron chi connectivity index (χ2n) is 3.12. The van der Waals surface area contributed by atoms with Gasteiger partial charge in [0.05, 0.1) is 7.11 Å². The van der Waals surface area contributed by atoms with Gasteiger partial charge in [-0.1, -0.05) is 0 Å². The molecule has 1 rings (SSSR count). The fourth-order valence-corrected chi connectivity index (χ4v) is 1.06. The number of hydrogen-bond acceptors (Lipinski definition) is 4. The zero-order valence-electron chi connectivity index (χ0n) is 7.58. The minimum atomic E-state index is -1.18. The molecule has 72 valence electrons. The second kappa shape index (κ2) is 2.72. The van der Waals surface area contributed by atoms with Crippen molar-refractivity contribution in [3.63, 3.8) is 0 Å². The maximum absolute atomic E-state index is 11.2. The molecular formula is C7H10N2O4. The van der Waals surface area contributed by atoms with Crippen LogP contribution >= 0.6 is 0 Å². The SMILES string of the molecule is COC(=O)N1C(=O)NC(=O)C1(C)C. The molecule has 0 saturated carbocycles. The first-order chi connectivity index (χ1) is 5.91. The van der Waals surface area contributed by atoms with Crippen molar-refractivity contribution in [2.75, 3.05) is 7.11 Å². The molecule has 1 N–H and O–H groups in total. The molecule has 1 aliphatic rings. The van der Waals surface area contributed by atoms with Crippen LogP contribution in [-0.2, 0) is 9.53 Å². The van der Waals surface area contributed by atoms with Crippen molar-refractivity contribution in [1.29, 1.82) is 0 Å². The standard InChI is InChI=1S/C7H10N2O4/c1-7(2)4(10)8-5(11)9(7)6(12)13-3/h1-3H3,(H,8,10,11). The van der Waals surface area contributed by atoms with E-state index < -0.39 is 23.6 Å². The number of rotatable bonds is 0. The van der Waals surface area contributed by atoms with Crippen LogP contribution in [0.2, 0.25) is 0 Å². The molecule has 0 unspecified atom stereocenters. The summed E-state index contributed by atoms with van der Waals surface area (Å²) in [7, 11) is 1.15. The Kier molecular flexibility index (Phi) is 1.99. The summed E-state index contributed by atoms with van der Waals surface area (Å²) in [5.41, 5.74) is -1.18. The lowest BCUT2D eigenvalue weighted by molar-refractivity contribution is -0.124. The maximum atomic E-state index is 11.2. The van der Waals surface area contributed by atoms with Gasteiger partial charge in [0.1, 0.15) is 5.54 Å². The Morgan fingerprint density at radius 1 is 1.46 bits per heavy atom. The van der Waals surface area contributed by atoms with E-state index in [2.05, 4.69) is 4.74 Å². The number of imide groups is 2. The van der Waals surface area contributed by atoms with E-state index >= 15 is 0 Å². The van der Waals surface area contributed by atoms with E-state index in [0.29, 0.717) is 0 Å². The molecule has 1 aliphatic heterocycles. The number of methoxy groups -OCH3 is 1. The third-order valence-electron chi connectivity index (χ3n) is 1.90. The van der Waals surface area contributed by atoms with Crippen LogP contribution in [0.3, 0.4) is 0 Å². The van der Waals surface area contributed by atoms with Crippen LogP contribution in [0.25, 0.3) is 0 Å². The minimum absolute atomic E-state index is 0.511. The summed E-state index contributed by atoms with van der Waals surface area (Å²) in [6, 6.07) is -0.748. The van der Waals surface area contributed by atoms with Gasteiger partial charge in [-0.25, -0.2) is 14.5 Å². The van der Waals surface area contributed by atoms with Gasteiger partial charge >= 0.3 is 12.1 Å². The molecular weight excluding hydrogens is 176 g/mol.